The molecule has 9 nitrogen and oxygen atoms in total. The molecule has 1 aliphatic heterocycles. The first-order chi connectivity index (χ1) is 17.2. The number of nitrogens with two attached hydrogens (primary N) is 1. The van der Waals surface area contributed by atoms with E-state index in [9.17, 15) is 14.7 Å². The Morgan fingerprint density at radius 3 is 2.61 bits per heavy atom. The minimum absolute atomic E-state index is 0.0813. The maximum absolute atomic E-state index is 13.3. The molecule has 36 heavy (non-hydrogen) atoms. The number of nitrogens with one attached hydrogen (secondary N) is 1. The van der Waals surface area contributed by atoms with Crippen molar-refractivity contribution in [2.45, 2.75) is 19.4 Å². The number of likely N-dealkylation sites (N-methyl/N-ethyl adjacent to an activating group) is 1. The number of rotatable bonds is 9. The number of carbonyl (C=O) groups is 2. The van der Waals surface area contributed by atoms with Crippen molar-refractivity contribution < 1.29 is 23.8 Å². The highest BCUT2D eigenvalue weighted by atomic mass is 35.5. The number of halogens is 1. The number of hydrogen-bond donors (Lipinski definition) is 3. The van der Waals surface area contributed by atoms with Gasteiger partial charge in [0.25, 0.3) is 0 Å². The van der Waals surface area contributed by atoms with Crippen LogP contribution >= 0.6 is 11.6 Å². The molecule has 3 aromatic rings. The average molecular weight is 515 g/mol. The summed E-state index contributed by atoms with van der Waals surface area (Å²) in [6, 6.07) is 9.34. The molecule has 4 rings (SSSR count). The Labute approximate surface area is 214 Å². The molecule has 1 aromatic heterocycles. The number of amides is 2. The lowest BCUT2D eigenvalue weighted by atomic mass is 10.0. The number of ketones is 1. The van der Waals surface area contributed by atoms with E-state index in [0.717, 1.165) is 38.2 Å². The van der Waals surface area contributed by atoms with Crippen molar-refractivity contribution >= 4 is 40.1 Å². The molecule has 0 radical (unpaired) electrons. The molecule has 1 unspecified atom stereocenters. The number of ether oxygens (including phenoxy) is 1. The summed E-state index contributed by atoms with van der Waals surface area (Å²) in [5.41, 5.74) is 7.10. The molecule has 0 bridgehead atoms. The van der Waals surface area contributed by atoms with Gasteiger partial charge in [-0.3, -0.25) is 9.69 Å². The van der Waals surface area contributed by atoms with Gasteiger partial charge in [0.2, 0.25) is 5.78 Å². The molecule has 10 heteroatoms. The highest BCUT2D eigenvalue weighted by Crippen LogP contribution is 2.36. The number of aliphatic hydroxyl groups is 1. The number of hydrogen-bond acceptors (Lipinski definition) is 7. The molecule has 1 aliphatic rings. The van der Waals surface area contributed by atoms with E-state index in [4.69, 9.17) is 26.5 Å². The van der Waals surface area contributed by atoms with Crippen molar-refractivity contribution in [2.24, 2.45) is 5.73 Å². The lowest BCUT2D eigenvalue weighted by Crippen LogP contribution is -2.47. The normalized spacial score (nSPS) is 15.7. The third-order valence-electron chi connectivity index (χ3n) is 6.31. The van der Waals surface area contributed by atoms with Gasteiger partial charge in [-0.1, -0.05) is 24.6 Å². The minimum Gasteiger partial charge on any atom is -0.491 e. The SMILES string of the molecule is CCc1ccc(C(=O)c2oc3cc(OCC(O)CN4CCN(C)CC4)ccc3c2NC(N)=O)c(Cl)c1. The van der Waals surface area contributed by atoms with E-state index in [0.29, 0.717) is 28.3 Å². The van der Waals surface area contributed by atoms with Gasteiger partial charge < -0.3 is 30.2 Å². The fourth-order valence-electron chi connectivity index (χ4n) is 4.23. The van der Waals surface area contributed by atoms with Gasteiger partial charge in [0.05, 0.1) is 5.02 Å². The Hall–Kier alpha value is -3.11. The fraction of sp³-hybridized carbons (Fsp3) is 0.385. The lowest BCUT2D eigenvalue weighted by Gasteiger charge is -2.33. The summed E-state index contributed by atoms with van der Waals surface area (Å²) in [6.45, 7) is 6.38. The number of aliphatic hydroxyl groups excluding tert-OH is 1. The number of aryl methyl sites for hydroxylation is 1. The molecule has 0 aliphatic carbocycles. The molecule has 0 spiro atoms. The summed E-state index contributed by atoms with van der Waals surface area (Å²) in [5.74, 6) is -0.0986. The standard InChI is InChI=1S/C26H31ClN4O5/c1-3-16-4-6-19(21(27)12-16)24(33)25-23(29-26(28)34)20-7-5-18(13-22(20)36-25)35-15-17(32)14-31-10-8-30(2)9-11-31/h4-7,12-13,17,32H,3,8-11,14-15H2,1-2H3,(H3,28,29,34). The van der Waals surface area contributed by atoms with Crippen LogP contribution in [-0.2, 0) is 6.42 Å². The van der Waals surface area contributed by atoms with Crippen LogP contribution < -0.4 is 15.8 Å². The van der Waals surface area contributed by atoms with Gasteiger partial charge in [-0.25, -0.2) is 4.79 Å². The van der Waals surface area contributed by atoms with E-state index in [1.54, 1.807) is 30.3 Å². The number of urea groups is 1. The summed E-state index contributed by atoms with van der Waals surface area (Å²) in [4.78, 5) is 29.4. The second-order valence-electron chi connectivity index (χ2n) is 9.02. The summed E-state index contributed by atoms with van der Waals surface area (Å²) >= 11 is 6.36. The Kier molecular flexibility index (Phi) is 8.15. The van der Waals surface area contributed by atoms with E-state index in [1.807, 2.05) is 13.0 Å². The van der Waals surface area contributed by atoms with E-state index < -0.39 is 17.9 Å². The molecule has 4 N–H and O–H groups in total. The van der Waals surface area contributed by atoms with Crippen LogP contribution in [0.15, 0.2) is 40.8 Å². The van der Waals surface area contributed by atoms with Gasteiger partial charge in [0, 0.05) is 49.7 Å². The largest absolute Gasteiger partial charge is 0.491 e. The maximum Gasteiger partial charge on any atom is 0.316 e. The van der Waals surface area contributed by atoms with Crippen molar-refractivity contribution in [1.29, 1.82) is 0 Å². The first kappa shape index (κ1) is 26.0. The van der Waals surface area contributed by atoms with Crippen molar-refractivity contribution in [3.05, 3.63) is 58.3 Å². The zero-order chi connectivity index (χ0) is 25.8. The van der Waals surface area contributed by atoms with Crippen LogP contribution in [0.4, 0.5) is 10.5 Å². The molecule has 1 saturated heterocycles. The van der Waals surface area contributed by atoms with Crippen molar-refractivity contribution in [2.75, 3.05) is 51.7 Å². The summed E-state index contributed by atoms with van der Waals surface area (Å²) in [7, 11) is 2.08. The molecule has 2 heterocycles. The Morgan fingerprint density at radius 1 is 1.19 bits per heavy atom. The van der Waals surface area contributed by atoms with Gasteiger partial charge in [-0.15, -0.1) is 0 Å². The molecule has 1 fully saturated rings. The van der Waals surface area contributed by atoms with Crippen LogP contribution in [0.25, 0.3) is 11.0 Å². The monoisotopic (exact) mass is 514 g/mol. The van der Waals surface area contributed by atoms with Gasteiger partial charge >= 0.3 is 6.03 Å². The Balaban J connectivity index is 1.53. The molecule has 2 aromatic carbocycles. The van der Waals surface area contributed by atoms with Crippen LogP contribution in [0.3, 0.4) is 0 Å². The predicted octanol–water partition coefficient (Wildman–Crippen LogP) is 3.36. The molecule has 2 amide bonds. The van der Waals surface area contributed by atoms with E-state index in [2.05, 4.69) is 22.2 Å². The summed E-state index contributed by atoms with van der Waals surface area (Å²) < 4.78 is 11.7. The number of β-amino-alcohol motifs (C(OH)–C–C–N with tert-alkyl or cyclic N) is 1. The molecule has 0 saturated carbocycles. The Bertz CT molecular complexity index is 1250. The zero-order valence-corrected chi connectivity index (χ0v) is 21.2. The number of nitrogens with zero attached hydrogens (tertiary/aromatic N) is 2. The maximum atomic E-state index is 13.3. The number of furan rings is 1. The van der Waals surface area contributed by atoms with Gasteiger partial charge in [0.15, 0.2) is 5.76 Å². The van der Waals surface area contributed by atoms with Crippen molar-refractivity contribution in [3.63, 3.8) is 0 Å². The van der Waals surface area contributed by atoms with Crippen LogP contribution in [0.1, 0.15) is 28.6 Å². The Morgan fingerprint density at radius 2 is 1.94 bits per heavy atom. The predicted molar refractivity (Wildman–Crippen MR) is 139 cm³/mol. The number of primary amides is 1. The first-order valence-corrected chi connectivity index (χ1v) is 12.3. The van der Waals surface area contributed by atoms with Crippen molar-refractivity contribution in [3.8, 4) is 5.75 Å². The summed E-state index contributed by atoms with van der Waals surface area (Å²) in [6.07, 6.45) is 0.123. The topological polar surface area (TPSA) is 121 Å². The van der Waals surface area contributed by atoms with Crippen LogP contribution in [0.5, 0.6) is 5.75 Å². The molecule has 1 atom stereocenters. The smallest absolute Gasteiger partial charge is 0.316 e. The highest BCUT2D eigenvalue weighted by Gasteiger charge is 2.25. The quantitative estimate of drug-likeness (QED) is 0.374. The number of carbonyl (C=O) groups excluding carboxylic acids is 2. The first-order valence-electron chi connectivity index (χ1n) is 11.9. The van der Waals surface area contributed by atoms with Crippen LogP contribution in [0.2, 0.25) is 5.02 Å². The van der Waals surface area contributed by atoms with Crippen molar-refractivity contribution in [1.82, 2.24) is 9.80 Å². The lowest BCUT2D eigenvalue weighted by molar-refractivity contribution is 0.0505. The fourth-order valence-corrected chi connectivity index (χ4v) is 4.52. The van der Waals surface area contributed by atoms with Crippen LogP contribution in [-0.4, -0.2) is 79.2 Å². The number of piperazine rings is 1. The van der Waals surface area contributed by atoms with E-state index in [-0.39, 0.29) is 23.6 Å². The zero-order valence-electron chi connectivity index (χ0n) is 20.4. The number of anilines is 1. The number of fused-ring (bicyclic) bond motifs is 1. The van der Waals surface area contributed by atoms with E-state index in [1.165, 1.54) is 0 Å². The van der Waals surface area contributed by atoms with Gasteiger partial charge in [-0.2, -0.15) is 0 Å². The van der Waals surface area contributed by atoms with E-state index >= 15 is 0 Å². The second-order valence-corrected chi connectivity index (χ2v) is 9.43. The number of benzene rings is 2. The molecular weight excluding hydrogens is 484 g/mol. The third kappa shape index (κ3) is 5.99. The van der Waals surface area contributed by atoms with Crippen LogP contribution in [0, 0.1) is 0 Å². The summed E-state index contributed by atoms with van der Waals surface area (Å²) in [5, 5.41) is 13.7. The van der Waals surface area contributed by atoms with Gasteiger partial charge in [0.1, 0.15) is 29.7 Å². The second kappa shape index (κ2) is 11.3. The van der Waals surface area contributed by atoms with Gasteiger partial charge in [-0.05, 0) is 43.3 Å². The molecule has 192 valence electrons. The minimum atomic E-state index is -0.827. The third-order valence-corrected chi connectivity index (χ3v) is 6.62. The highest BCUT2D eigenvalue weighted by molar-refractivity contribution is 6.35. The average Bonchev–Trinajstić information content (AvgIpc) is 3.20. The molecular formula is C26H31ClN4O5.